The van der Waals surface area contributed by atoms with E-state index in [1.165, 1.54) is 9.80 Å². The molecule has 0 N–H and O–H groups in total. The van der Waals surface area contributed by atoms with Crippen molar-refractivity contribution in [3.05, 3.63) is 27.7 Å². The van der Waals surface area contributed by atoms with Gasteiger partial charge in [0.25, 0.3) is 11.8 Å². The maximum Gasteiger partial charge on any atom is 0.265 e. The molecule has 8 heteroatoms. The van der Waals surface area contributed by atoms with Crippen LogP contribution in [-0.4, -0.2) is 53.5 Å². The van der Waals surface area contributed by atoms with Gasteiger partial charge in [-0.15, -0.1) is 0 Å². The maximum absolute atomic E-state index is 12.5. The third-order valence-electron chi connectivity index (χ3n) is 4.21. The second kappa shape index (κ2) is 8.84. The summed E-state index contributed by atoms with van der Waals surface area (Å²) in [5, 5.41) is 0.175. The van der Waals surface area contributed by atoms with Gasteiger partial charge in [0.2, 0.25) is 0 Å². The first kappa shape index (κ1) is 21.4. The van der Waals surface area contributed by atoms with Crippen molar-refractivity contribution in [2.24, 2.45) is 0 Å². The van der Waals surface area contributed by atoms with E-state index in [4.69, 9.17) is 21.7 Å². The molecule has 1 atom stereocenters. The van der Waals surface area contributed by atoms with Crippen LogP contribution in [0.4, 0.5) is 0 Å². The SMILES string of the molecule is CCOc1cc(C=C2C(=O)N(C)C(=S)N(C)C2=O)c(Br)cc1O[C@@H](C)CC. The van der Waals surface area contributed by atoms with Crippen LogP contribution in [0.3, 0.4) is 0 Å². The van der Waals surface area contributed by atoms with Crippen molar-refractivity contribution >= 4 is 51.2 Å². The number of likely N-dealkylation sites (N-methyl/N-ethyl adjacent to an activating group) is 2. The van der Waals surface area contributed by atoms with Gasteiger partial charge in [0.05, 0.1) is 12.7 Å². The molecule has 1 aliphatic rings. The third-order valence-corrected chi connectivity index (χ3v) is 5.44. The molecular formula is C19H23BrN2O4S. The lowest BCUT2D eigenvalue weighted by molar-refractivity contribution is -0.132. The average molecular weight is 455 g/mol. The fourth-order valence-electron chi connectivity index (χ4n) is 2.45. The number of amides is 2. The molecule has 0 spiro atoms. The van der Waals surface area contributed by atoms with Gasteiger partial charge in [-0.2, -0.15) is 0 Å². The van der Waals surface area contributed by atoms with Crippen LogP contribution < -0.4 is 9.47 Å². The number of carbonyl (C=O) groups excluding carboxylic acids is 2. The van der Waals surface area contributed by atoms with Gasteiger partial charge in [0.15, 0.2) is 16.6 Å². The summed E-state index contributed by atoms with van der Waals surface area (Å²) in [4.78, 5) is 27.6. The highest BCUT2D eigenvalue weighted by molar-refractivity contribution is 9.10. The predicted molar refractivity (Wildman–Crippen MR) is 112 cm³/mol. The van der Waals surface area contributed by atoms with Crippen molar-refractivity contribution in [3.8, 4) is 11.5 Å². The smallest absolute Gasteiger partial charge is 0.265 e. The molecule has 0 aliphatic carbocycles. The zero-order chi connectivity index (χ0) is 20.3. The van der Waals surface area contributed by atoms with E-state index < -0.39 is 11.8 Å². The van der Waals surface area contributed by atoms with Gasteiger partial charge < -0.3 is 9.47 Å². The minimum absolute atomic E-state index is 0.0325. The number of benzene rings is 1. The lowest BCUT2D eigenvalue weighted by Gasteiger charge is -2.31. The third kappa shape index (κ3) is 4.50. The zero-order valence-electron chi connectivity index (χ0n) is 16.0. The van der Waals surface area contributed by atoms with Crippen LogP contribution in [0.1, 0.15) is 32.8 Å². The van der Waals surface area contributed by atoms with Gasteiger partial charge in [-0.25, -0.2) is 0 Å². The molecule has 0 saturated carbocycles. The summed E-state index contributed by atoms with van der Waals surface area (Å²) in [5.74, 6) is 0.290. The molecule has 1 fully saturated rings. The Bertz CT molecular complexity index is 783. The number of thiocarbonyl (C=S) groups is 1. The van der Waals surface area contributed by atoms with Gasteiger partial charge in [0, 0.05) is 18.6 Å². The predicted octanol–water partition coefficient (Wildman–Crippen LogP) is 3.62. The van der Waals surface area contributed by atoms with Crippen molar-refractivity contribution in [2.75, 3.05) is 20.7 Å². The van der Waals surface area contributed by atoms with E-state index >= 15 is 0 Å². The zero-order valence-corrected chi connectivity index (χ0v) is 18.4. The molecule has 1 aromatic carbocycles. The number of rotatable bonds is 6. The summed E-state index contributed by atoms with van der Waals surface area (Å²) < 4.78 is 12.3. The van der Waals surface area contributed by atoms with Gasteiger partial charge in [-0.3, -0.25) is 19.4 Å². The summed E-state index contributed by atoms with van der Waals surface area (Å²) in [6, 6.07) is 3.55. The molecule has 146 valence electrons. The van der Waals surface area contributed by atoms with Crippen molar-refractivity contribution in [3.63, 3.8) is 0 Å². The van der Waals surface area contributed by atoms with Crippen LogP contribution in [0.15, 0.2) is 22.2 Å². The molecule has 27 heavy (non-hydrogen) atoms. The number of ether oxygens (including phenoxy) is 2. The van der Waals surface area contributed by atoms with Crippen molar-refractivity contribution in [1.29, 1.82) is 0 Å². The van der Waals surface area contributed by atoms with Crippen molar-refractivity contribution in [2.45, 2.75) is 33.3 Å². The van der Waals surface area contributed by atoms with Crippen molar-refractivity contribution < 1.29 is 19.1 Å². The van der Waals surface area contributed by atoms with Crippen molar-refractivity contribution in [1.82, 2.24) is 9.80 Å². The fraction of sp³-hybridized carbons (Fsp3) is 0.421. The maximum atomic E-state index is 12.5. The van der Waals surface area contributed by atoms with Gasteiger partial charge >= 0.3 is 0 Å². The first-order valence-electron chi connectivity index (χ1n) is 8.65. The first-order valence-corrected chi connectivity index (χ1v) is 9.86. The minimum Gasteiger partial charge on any atom is -0.490 e. The molecule has 2 amide bonds. The van der Waals surface area contributed by atoms with Crippen LogP contribution in [-0.2, 0) is 9.59 Å². The molecule has 2 rings (SSSR count). The summed E-state index contributed by atoms with van der Waals surface area (Å²) in [7, 11) is 3.09. The molecule has 0 radical (unpaired) electrons. The molecule has 1 heterocycles. The van der Waals surface area contributed by atoms with Crippen LogP contribution in [0.5, 0.6) is 11.5 Å². The van der Waals surface area contributed by atoms with E-state index in [-0.39, 0.29) is 16.8 Å². The quantitative estimate of drug-likeness (QED) is 0.373. The normalized spacial score (nSPS) is 15.9. The first-order chi connectivity index (χ1) is 12.7. The highest BCUT2D eigenvalue weighted by Crippen LogP contribution is 2.36. The number of halogens is 1. The van der Waals surface area contributed by atoms with Gasteiger partial charge in [0.1, 0.15) is 5.57 Å². The van der Waals surface area contributed by atoms with Crippen LogP contribution in [0.2, 0.25) is 0 Å². The molecule has 1 saturated heterocycles. The van der Waals surface area contributed by atoms with E-state index in [1.807, 2.05) is 20.8 Å². The molecule has 1 aromatic rings. The topological polar surface area (TPSA) is 59.1 Å². The number of hydrogen-bond acceptors (Lipinski definition) is 5. The second-order valence-electron chi connectivity index (χ2n) is 6.16. The number of hydrogen-bond donors (Lipinski definition) is 0. The Morgan fingerprint density at radius 1 is 1.15 bits per heavy atom. The Morgan fingerprint density at radius 3 is 2.26 bits per heavy atom. The Labute approximate surface area is 173 Å². The Morgan fingerprint density at radius 2 is 1.74 bits per heavy atom. The molecule has 0 unspecified atom stereocenters. The molecule has 1 aliphatic heterocycles. The monoisotopic (exact) mass is 454 g/mol. The number of carbonyl (C=O) groups is 2. The van der Waals surface area contributed by atoms with Crippen LogP contribution in [0, 0.1) is 0 Å². The van der Waals surface area contributed by atoms with Gasteiger partial charge in [-0.1, -0.05) is 22.9 Å². The Balaban J connectivity index is 2.50. The molecular weight excluding hydrogens is 432 g/mol. The van der Waals surface area contributed by atoms with Crippen LogP contribution in [0.25, 0.3) is 6.08 Å². The van der Waals surface area contributed by atoms with E-state index in [0.717, 1.165) is 6.42 Å². The average Bonchev–Trinajstić information content (AvgIpc) is 2.65. The fourth-order valence-corrected chi connectivity index (χ4v) is 3.06. The molecule has 0 aromatic heterocycles. The standard InChI is InChI=1S/C19H23BrN2O4S/c1-6-11(3)26-16-10-14(20)12(9-15(16)25-7-2)8-13-17(23)21(4)19(27)22(5)18(13)24/h8-11H,6-7H2,1-5H3/t11-/m0/s1. The summed E-state index contributed by atoms with van der Waals surface area (Å²) in [6.07, 6.45) is 2.43. The van der Waals surface area contributed by atoms with E-state index in [9.17, 15) is 9.59 Å². The van der Waals surface area contributed by atoms with E-state index in [2.05, 4.69) is 15.9 Å². The molecule has 6 nitrogen and oxygen atoms in total. The minimum atomic E-state index is -0.437. The summed E-state index contributed by atoms with van der Waals surface area (Å²) >= 11 is 8.61. The lowest BCUT2D eigenvalue weighted by Crippen LogP contribution is -2.52. The largest absolute Gasteiger partial charge is 0.490 e. The Kier molecular flexibility index (Phi) is 7.00. The van der Waals surface area contributed by atoms with Crippen LogP contribution >= 0.6 is 28.1 Å². The number of nitrogens with zero attached hydrogens (tertiary/aromatic N) is 2. The highest BCUT2D eigenvalue weighted by atomic mass is 79.9. The van der Waals surface area contributed by atoms with E-state index in [0.29, 0.717) is 28.1 Å². The second-order valence-corrected chi connectivity index (χ2v) is 7.38. The molecule has 0 bridgehead atoms. The lowest BCUT2D eigenvalue weighted by atomic mass is 10.1. The van der Waals surface area contributed by atoms with E-state index in [1.54, 1.807) is 32.3 Å². The van der Waals surface area contributed by atoms with Gasteiger partial charge in [-0.05, 0) is 56.3 Å². The summed E-state index contributed by atoms with van der Waals surface area (Å²) in [6.45, 7) is 6.36. The summed E-state index contributed by atoms with van der Waals surface area (Å²) in [5.41, 5.74) is 0.675. The highest BCUT2D eigenvalue weighted by Gasteiger charge is 2.35. The Hall–Kier alpha value is -1.93.